The first-order chi connectivity index (χ1) is 13.5. The molecule has 4 heterocycles. The SMILES string of the molecule is Cc1cccc(C(=O)Cc2cn3cc(C4CCOCC4)nc3cc2C(F)F)n1. The summed E-state index contributed by atoms with van der Waals surface area (Å²) < 4.78 is 34.4. The van der Waals surface area contributed by atoms with Crippen molar-refractivity contribution in [3.63, 3.8) is 0 Å². The second-order valence-corrected chi connectivity index (χ2v) is 7.14. The van der Waals surface area contributed by atoms with Crippen LogP contribution in [0, 0.1) is 6.92 Å². The number of imidazole rings is 1. The number of hydrogen-bond acceptors (Lipinski definition) is 4. The third kappa shape index (κ3) is 3.80. The number of alkyl halides is 2. The Hall–Kier alpha value is -2.67. The molecule has 0 spiro atoms. The normalized spacial score (nSPS) is 15.4. The Balaban J connectivity index is 1.68. The quantitative estimate of drug-likeness (QED) is 0.615. The Morgan fingerprint density at radius 2 is 2.04 bits per heavy atom. The molecular formula is C21H21F2N3O2. The maximum atomic E-state index is 13.7. The number of pyridine rings is 2. The van der Waals surface area contributed by atoms with Gasteiger partial charge in [0.15, 0.2) is 5.78 Å². The second-order valence-electron chi connectivity index (χ2n) is 7.14. The fraction of sp³-hybridized carbons (Fsp3) is 0.381. The summed E-state index contributed by atoms with van der Waals surface area (Å²) in [5.74, 6) is -0.0139. The van der Waals surface area contributed by atoms with E-state index in [9.17, 15) is 13.6 Å². The largest absolute Gasteiger partial charge is 0.381 e. The summed E-state index contributed by atoms with van der Waals surface area (Å²) >= 11 is 0. The fourth-order valence-electron chi connectivity index (χ4n) is 3.61. The van der Waals surface area contributed by atoms with Crippen LogP contribution in [0.15, 0.2) is 36.7 Å². The van der Waals surface area contributed by atoms with Gasteiger partial charge in [0.2, 0.25) is 0 Å². The van der Waals surface area contributed by atoms with Crippen molar-refractivity contribution < 1.29 is 18.3 Å². The van der Waals surface area contributed by atoms with E-state index in [2.05, 4.69) is 9.97 Å². The van der Waals surface area contributed by atoms with Gasteiger partial charge in [0.25, 0.3) is 6.43 Å². The monoisotopic (exact) mass is 385 g/mol. The lowest BCUT2D eigenvalue weighted by molar-refractivity contribution is 0.0846. The average Bonchev–Trinajstić information content (AvgIpc) is 3.11. The van der Waals surface area contributed by atoms with Crippen molar-refractivity contribution in [2.45, 2.75) is 38.5 Å². The van der Waals surface area contributed by atoms with Crippen molar-refractivity contribution in [2.75, 3.05) is 13.2 Å². The van der Waals surface area contributed by atoms with Crippen LogP contribution < -0.4 is 0 Å². The molecule has 0 aliphatic carbocycles. The molecule has 7 heteroatoms. The Bertz CT molecular complexity index is 1010. The number of fused-ring (bicyclic) bond motifs is 1. The Morgan fingerprint density at radius 3 is 2.75 bits per heavy atom. The molecule has 1 aliphatic heterocycles. The van der Waals surface area contributed by atoms with E-state index in [4.69, 9.17) is 4.74 Å². The first-order valence-corrected chi connectivity index (χ1v) is 9.35. The minimum Gasteiger partial charge on any atom is -0.381 e. The minimum atomic E-state index is -2.68. The first-order valence-electron chi connectivity index (χ1n) is 9.35. The molecule has 0 N–H and O–H groups in total. The van der Waals surface area contributed by atoms with Gasteiger partial charge in [-0.25, -0.2) is 13.8 Å². The molecule has 1 fully saturated rings. The van der Waals surface area contributed by atoms with E-state index in [-0.39, 0.29) is 29.4 Å². The van der Waals surface area contributed by atoms with Crippen molar-refractivity contribution in [1.82, 2.24) is 14.4 Å². The van der Waals surface area contributed by atoms with Crippen LogP contribution in [0.5, 0.6) is 0 Å². The number of carbonyl (C=O) groups excluding carboxylic acids is 1. The Labute approximate surface area is 161 Å². The molecule has 0 atom stereocenters. The van der Waals surface area contributed by atoms with Crippen LogP contribution in [-0.4, -0.2) is 33.4 Å². The minimum absolute atomic E-state index is 0.128. The molecule has 0 unspecified atom stereocenters. The Morgan fingerprint density at radius 1 is 1.25 bits per heavy atom. The topological polar surface area (TPSA) is 56.5 Å². The highest BCUT2D eigenvalue weighted by molar-refractivity contribution is 5.96. The predicted molar refractivity (Wildman–Crippen MR) is 100.0 cm³/mol. The lowest BCUT2D eigenvalue weighted by Gasteiger charge is -2.19. The lowest BCUT2D eigenvalue weighted by atomic mass is 9.97. The van der Waals surface area contributed by atoms with Gasteiger partial charge in [0, 0.05) is 49.2 Å². The van der Waals surface area contributed by atoms with Gasteiger partial charge < -0.3 is 9.14 Å². The molecule has 5 nitrogen and oxygen atoms in total. The second kappa shape index (κ2) is 7.75. The van der Waals surface area contributed by atoms with Gasteiger partial charge in [-0.3, -0.25) is 9.78 Å². The molecule has 0 radical (unpaired) electrons. The molecule has 3 aromatic rings. The average molecular weight is 385 g/mol. The summed E-state index contributed by atoms with van der Waals surface area (Å²) in [6, 6.07) is 6.52. The van der Waals surface area contributed by atoms with Crippen LogP contribution in [0.3, 0.4) is 0 Å². The summed E-state index contributed by atoms with van der Waals surface area (Å²) in [5.41, 5.74) is 2.50. The third-order valence-corrected chi connectivity index (χ3v) is 5.13. The maximum Gasteiger partial charge on any atom is 0.264 e. The highest BCUT2D eigenvalue weighted by atomic mass is 19.3. The summed E-state index contributed by atoms with van der Waals surface area (Å²) in [7, 11) is 0. The van der Waals surface area contributed by atoms with Crippen molar-refractivity contribution >= 4 is 11.4 Å². The van der Waals surface area contributed by atoms with Crippen LogP contribution in [0.4, 0.5) is 8.78 Å². The molecule has 0 amide bonds. The zero-order valence-corrected chi connectivity index (χ0v) is 15.6. The van der Waals surface area contributed by atoms with Gasteiger partial charge in [-0.15, -0.1) is 0 Å². The molecule has 0 bridgehead atoms. The number of aryl methyl sites for hydroxylation is 1. The van der Waals surface area contributed by atoms with Crippen LogP contribution in [-0.2, 0) is 11.2 Å². The first kappa shape index (κ1) is 18.7. The number of Topliss-reactive ketones (excluding diaryl/α,β-unsaturated/α-hetero) is 1. The number of rotatable bonds is 5. The van der Waals surface area contributed by atoms with E-state index in [1.54, 1.807) is 35.7 Å². The summed E-state index contributed by atoms with van der Waals surface area (Å²) in [6.07, 6.45) is 2.41. The van der Waals surface area contributed by atoms with Gasteiger partial charge in [0.1, 0.15) is 11.3 Å². The number of hydrogen-bond donors (Lipinski definition) is 0. The van der Waals surface area contributed by atoms with Crippen LogP contribution in [0.1, 0.15) is 58.2 Å². The standard InChI is InChI=1S/C21H21F2N3O2/c1-13-3-2-4-17(24-13)19(27)9-15-11-26-12-18(14-5-7-28-8-6-14)25-20(26)10-16(15)21(22)23/h2-4,10-12,14,21H,5-9H2,1H3. The predicted octanol–water partition coefficient (Wildman–Crippen LogP) is 4.29. The van der Waals surface area contributed by atoms with Gasteiger partial charge in [-0.1, -0.05) is 6.07 Å². The number of carbonyl (C=O) groups is 1. The van der Waals surface area contributed by atoms with E-state index in [0.717, 1.165) is 18.5 Å². The van der Waals surface area contributed by atoms with E-state index >= 15 is 0 Å². The van der Waals surface area contributed by atoms with Gasteiger partial charge in [-0.2, -0.15) is 0 Å². The van der Waals surface area contributed by atoms with Crippen molar-refractivity contribution in [1.29, 1.82) is 0 Å². The number of ether oxygens (including phenoxy) is 1. The molecule has 146 valence electrons. The van der Waals surface area contributed by atoms with Crippen molar-refractivity contribution in [2.24, 2.45) is 0 Å². The third-order valence-electron chi connectivity index (χ3n) is 5.13. The van der Waals surface area contributed by atoms with Gasteiger partial charge >= 0.3 is 0 Å². The fourth-order valence-corrected chi connectivity index (χ4v) is 3.61. The van der Waals surface area contributed by atoms with Crippen LogP contribution in [0.25, 0.3) is 5.65 Å². The molecule has 0 aromatic carbocycles. The number of ketones is 1. The molecular weight excluding hydrogens is 364 g/mol. The molecule has 28 heavy (non-hydrogen) atoms. The molecule has 4 rings (SSSR count). The van der Waals surface area contributed by atoms with Gasteiger partial charge in [0.05, 0.1) is 5.69 Å². The maximum absolute atomic E-state index is 13.7. The van der Waals surface area contributed by atoms with E-state index in [1.807, 2.05) is 6.20 Å². The molecule has 1 saturated heterocycles. The smallest absolute Gasteiger partial charge is 0.264 e. The number of nitrogens with zero attached hydrogens (tertiary/aromatic N) is 3. The van der Waals surface area contributed by atoms with E-state index < -0.39 is 6.43 Å². The van der Waals surface area contributed by atoms with Crippen molar-refractivity contribution in [3.05, 3.63) is 64.9 Å². The van der Waals surface area contributed by atoms with E-state index in [0.29, 0.717) is 30.1 Å². The van der Waals surface area contributed by atoms with Crippen LogP contribution in [0.2, 0.25) is 0 Å². The van der Waals surface area contributed by atoms with E-state index in [1.165, 1.54) is 6.07 Å². The number of halogens is 2. The number of aromatic nitrogens is 3. The zero-order valence-electron chi connectivity index (χ0n) is 15.6. The van der Waals surface area contributed by atoms with Crippen LogP contribution >= 0.6 is 0 Å². The summed E-state index contributed by atoms with van der Waals surface area (Å²) in [4.78, 5) is 21.3. The van der Waals surface area contributed by atoms with Crippen molar-refractivity contribution in [3.8, 4) is 0 Å². The summed E-state index contributed by atoms with van der Waals surface area (Å²) in [6.45, 7) is 3.16. The zero-order chi connectivity index (χ0) is 19.7. The van der Waals surface area contributed by atoms with Gasteiger partial charge in [-0.05, 0) is 43.5 Å². The summed E-state index contributed by atoms with van der Waals surface area (Å²) in [5, 5.41) is 0. The Kier molecular flexibility index (Phi) is 5.17. The highest BCUT2D eigenvalue weighted by Gasteiger charge is 2.22. The lowest BCUT2D eigenvalue weighted by Crippen LogP contribution is -2.14. The molecule has 1 aliphatic rings. The molecule has 3 aromatic heterocycles. The highest BCUT2D eigenvalue weighted by Crippen LogP contribution is 2.29. The molecule has 0 saturated carbocycles.